The molecular weight excluding hydrogens is 422 g/mol. The predicted octanol–water partition coefficient (Wildman–Crippen LogP) is 4.38. The second-order valence-corrected chi connectivity index (χ2v) is 8.18. The molecule has 0 bridgehead atoms. The molecule has 7 nitrogen and oxygen atoms in total. The summed E-state index contributed by atoms with van der Waals surface area (Å²) in [7, 11) is 1.62. The van der Waals surface area contributed by atoms with E-state index in [-0.39, 0.29) is 18.0 Å². The number of halogens is 1. The Morgan fingerprint density at radius 1 is 1.23 bits per heavy atom. The molecule has 156 valence electrons. The van der Waals surface area contributed by atoms with E-state index in [1.165, 1.54) is 0 Å². The van der Waals surface area contributed by atoms with E-state index < -0.39 is 0 Å². The number of hydrogen-bond acceptors (Lipinski definition) is 6. The third-order valence-corrected chi connectivity index (χ3v) is 5.98. The van der Waals surface area contributed by atoms with Crippen molar-refractivity contribution in [3.05, 3.63) is 64.2 Å². The van der Waals surface area contributed by atoms with Gasteiger partial charge in [-0.3, -0.25) is 4.98 Å². The lowest BCUT2D eigenvalue weighted by molar-refractivity contribution is 0.243. The van der Waals surface area contributed by atoms with Crippen molar-refractivity contribution in [2.45, 2.75) is 18.4 Å². The van der Waals surface area contributed by atoms with Crippen molar-refractivity contribution in [3.63, 3.8) is 0 Å². The van der Waals surface area contributed by atoms with Crippen molar-refractivity contribution >= 4 is 40.5 Å². The van der Waals surface area contributed by atoms with Crippen LogP contribution in [-0.4, -0.2) is 42.2 Å². The van der Waals surface area contributed by atoms with Gasteiger partial charge in [-0.2, -0.15) is 0 Å². The summed E-state index contributed by atoms with van der Waals surface area (Å²) in [5.41, 5.74) is 3.43. The van der Waals surface area contributed by atoms with E-state index in [9.17, 15) is 4.79 Å². The molecule has 1 aliphatic heterocycles. The van der Waals surface area contributed by atoms with Crippen molar-refractivity contribution in [2.24, 2.45) is 0 Å². The molecule has 1 aromatic carbocycles. The molecule has 0 radical (unpaired) electrons. The number of hydrogen-bond donors (Lipinski definition) is 2. The monoisotopic (exact) mass is 443 g/mol. The van der Waals surface area contributed by atoms with Crippen molar-refractivity contribution in [3.8, 4) is 5.75 Å². The second kappa shape index (κ2) is 9.32. The fourth-order valence-corrected chi connectivity index (χ4v) is 4.28. The Bertz CT molecular complexity index is 966. The molecular formula is C21H22ClN5O2S. The minimum Gasteiger partial charge on any atom is -0.495 e. The minimum atomic E-state index is -0.247. The number of rotatable bonds is 5. The third kappa shape index (κ3) is 4.83. The van der Waals surface area contributed by atoms with E-state index in [1.807, 2.05) is 23.0 Å². The van der Waals surface area contributed by atoms with Crippen LogP contribution in [0.5, 0.6) is 5.75 Å². The van der Waals surface area contributed by atoms with E-state index in [0.29, 0.717) is 16.5 Å². The first-order chi connectivity index (χ1) is 14.6. The molecule has 9 heteroatoms. The van der Waals surface area contributed by atoms with Crippen LogP contribution in [0.25, 0.3) is 0 Å². The zero-order valence-electron chi connectivity index (χ0n) is 16.4. The predicted molar refractivity (Wildman–Crippen MR) is 120 cm³/mol. The number of aromatic nitrogens is 2. The Morgan fingerprint density at radius 2 is 2.07 bits per heavy atom. The van der Waals surface area contributed by atoms with E-state index >= 15 is 0 Å². The molecule has 0 spiro atoms. The summed E-state index contributed by atoms with van der Waals surface area (Å²) in [5, 5.41) is 8.67. The summed E-state index contributed by atoms with van der Waals surface area (Å²) in [6.45, 7) is 1.53. The van der Waals surface area contributed by atoms with Gasteiger partial charge in [0.2, 0.25) is 0 Å². The first-order valence-electron chi connectivity index (χ1n) is 9.58. The third-order valence-electron chi connectivity index (χ3n) is 5.15. The first kappa shape index (κ1) is 20.4. The maximum absolute atomic E-state index is 12.6. The molecule has 2 N–H and O–H groups in total. The molecule has 2 amide bonds. The number of urea groups is 1. The van der Waals surface area contributed by atoms with Gasteiger partial charge < -0.3 is 20.3 Å². The fourth-order valence-electron chi connectivity index (χ4n) is 3.60. The topological polar surface area (TPSA) is 79.4 Å². The summed E-state index contributed by atoms with van der Waals surface area (Å²) < 4.78 is 5.23. The Balaban J connectivity index is 1.50. The number of nitrogens with zero attached hydrogens (tertiary/aromatic N) is 3. The van der Waals surface area contributed by atoms with E-state index in [4.69, 9.17) is 16.3 Å². The number of anilines is 2. The Labute approximate surface area is 184 Å². The summed E-state index contributed by atoms with van der Waals surface area (Å²) in [6.07, 6.45) is 2.49. The molecule has 2 aromatic heterocycles. The van der Waals surface area contributed by atoms with Gasteiger partial charge in [-0.25, -0.2) is 9.78 Å². The first-order valence-corrected chi connectivity index (χ1v) is 10.9. The molecule has 1 fully saturated rings. The van der Waals surface area contributed by atoms with Crippen LogP contribution in [0.15, 0.2) is 53.5 Å². The molecule has 1 saturated heterocycles. The highest BCUT2D eigenvalue weighted by Gasteiger charge is 2.33. The van der Waals surface area contributed by atoms with E-state index in [0.717, 1.165) is 31.0 Å². The van der Waals surface area contributed by atoms with Crippen molar-refractivity contribution < 1.29 is 9.53 Å². The number of thiazole rings is 1. The van der Waals surface area contributed by atoms with Gasteiger partial charge in [-0.05, 0) is 42.8 Å². The number of carbonyl (C=O) groups is 1. The Morgan fingerprint density at radius 3 is 2.73 bits per heavy atom. The van der Waals surface area contributed by atoms with Gasteiger partial charge in [0.05, 0.1) is 18.8 Å². The lowest BCUT2D eigenvalue weighted by atomic mass is 9.89. The number of carbonyl (C=O) groups excluding carboxylic acids is 1. The van der Waals surface area contributed by atoms with Crippen LogP contribution in [0.3, 0.4) is 0 Å². The maximum Gasteiger partial charge on any atom is 0.319 e. The highest BCUT2D eigenvalue weighted by atomic mass is 35.5. The van der Waals surface area contributed by atoms with Crippen LogP contribution in [0, 0.1) is 0 Å². The van der Waals surface area contributed by atoms with Gasteiger partial charge in [0.15, 0.2) is 0 Å². The SMILES string of the molecule is COc1ccc([C@@H]2CN(c3cscn3)CC[C@H]2NC(=O)Nc2ccc(Cl)cc2)nc1. The van der Waals surface area contributed by atoms with E-state index in [2.05, 4.69) is 25.5 Å². The van der Waals surface area contributed by atoms with Crippen LogP contribution in [-0.2, 0) is 0 Å². The number of pyridine rings is 1. The summed E-state index contributed by atoms with van der Waals surface area (Å²) in [5.74, 6) is 1.68. The standard InChI is InChI=1S/C21H22ClN5O2S/c1-29-16-6-7-18(23-10-16)17-11-27(20-12-30-13-24-20)9-8-19(17)26-21(28)25-15-4-2-14(22)3-5-15/h2-7,10,12-13,17,19H,8-9,11H2,1H3,(H2,25,26,28)/t17-,19+/m0/s1. The van der Waals surface area contributed by atoms with Crippen molar-refractivity contribution in [1.82, 2.24) is 15.3 Å². The van der Waals surface area contributed by atoms with Gasteiger partial charge in [-0.1, -0.05) is 11.6 Å². The number of amides is 2. The minimum absolute atomic E-state index is 0.0160. The Kier molecular flexibility index (Phi) is 6.35. The summed E-state index contributed by atoms with van der Waals surface area (Å²) in [4.78, 5) is 23.9. The quantitative estimate of drug-likeness (QED) is 0.611. The van der Waals surface area contributed by atoms with Crippen LogP contribution < -0.4 is 20.3 Å². The molecule has 1 aliphatic rings. The highest BCUT2D eigenvalue weighted by Crippen LogP contribution is 2.30. The smallest absolute Gasteiger partial charge is 0.319 e. The number of piperidine rings is 1. The van der Waals surface area contributed by atoms with Gasteiger partial charge >= 0.3 is 6.03 Å². The average Bonchev–Trinajstić information content (AvgIpc) is 3.31. The normalized spacial score (nSPS) is 18.7. The molecule has 2 atom stereocenters. The number of benzene rings is 1. The lowest BCUT2D eigenvalue weighted by Gasteiger charge is -2.38. The second-order valence-electron chi connectivity index (χ2n) is 7.02. The summed E-state index contributed by atoms with van der Waals surface area (Å²) in [6, 6.07) is 10.6. The van der Waals surface area contributed by atoms with Gasteiger partial charge in [0.25, 0.3) is 0 Å². The number of nitrogens with one attached hydrogen (secondary N) is 2. The zero-order chi connectivity index (χ0) is 20.9. The van der Waals surface area contributed by atoms with Gasteiger partial charge in [-0.15, -0.1) is 11.3 Å². The van der Waals surface area contributed by atoms with Crippen LogP contribution in [0.2, 0.25) is 5.02 Å². The molecule has 30 heavy (non-hydrogen) atoms. The number of ether oxygens (including phenoxy) is 1. The van der Waals surface area contributed by atoms with Crippen LogP contribution >= 0.6 is 22.9 Å². The average molecular weight is 444 g/mol. The van der Waals surface area contributed by atoms with Crippen LogP contribution in [0.4, 0.5) is 16.3 Å². The highest BCUT2D eigenvalue weighted by molar-refractivity contribution is 7.07. The molecule has 0 aliphatic carbocycles. The van der Waals surface area contributed by atoms with Crippen LogP contribution in [0.1, 0.15) is 18.0 Å². The zero-order valence-corrected chi connectivity index (χ0v) is 18.0. The molecule has 0 saturated carbocycles. The van der Waals surface area contributed by atoms with Gasteiger partial charge in [0.1, 0.15) is 11.6 Å². The van der Waals surface area contributed by atoms with Crippen molar-refractivity contribution in [2.75, 3.05) is 30.4 Å². The van der Waals surface area contributed by atoms with Crippen molar-refractivity contribution in [1.29, 1.82) is 0 Å². The molecule has 3 heterocycles. The maximum atomic E-state index is 12.6. The van der Waals surface area contributed by atoms with E-state index in [1.54, 1.807) is 48.9 Å². The fraction of sp³-hybridized carbons (Fsp3) is 0.286. The summed E-state index contributed by atoms with van der Waals surface area (Å²) >= 11 is 7.49. The molecule has 3 aromatic rings. The lowest BCUT2D eigenvalue weighted by Crippen LogP contribution is -2.51. The largest absolute Gasteiger partial charge is 0.495 e. The number of methoxy groups -OCH3 is 1. The molecule has 0 unspecified atom stereocenters. The molecule has 4 rings (SSSR count). The van der Waals surface area contributed by atoms with Gasteiger partial charge in [0, 0.05) is 46.8 Å². The Hall–Kier alpha value is -2.84.